The molecule has 0 saturated carbocycles. The number of piperidine rings is 2. The van der Waals surface area contributed by atoms with Gasteiger partial charge in [-0.2, -0.15) is 0 Å². The standard InChI is InChI=1S/C27H27N3O2.C24H27ClN2O3.C14H20BNO3.CH4/c1-17(31)28-23-7-3-2-6-22(23)18-10-13-25-27(14-18)32-26-9-5-4-8-24(26)30(25)21-15-19-11-12-20(16-21)29-19;1-24(2,3)30-23(28)26-16-9-10-17(26)14-18(13-16)27-19-6-4-5-7-21(19)29-22-12-15(25)8-11-20(22)27;1-10(17)16-12-9-7-6-8-11(12)15-18-13(2,3)14(4,5)19-15;/h2-10,13-14,19-21,29H,11-12,15-16H2,1H3,(H,28,31);4-8,11-12,16-18H,9-10,13-14H2,1-3H3;6-9H,1-5H3,(H,16,17);1H4/t19-,20+,21?;16-,17+,18?;;. The number of rotatable bonds is 6. The highest BCUT2D eigenvalue weighted by Gasteiger charge is 2.52. The molecular weight excluding hydrogens is 1050 g/mol. The third-order valence-electron chi connectivity index (χ3n) is 16.9. The van der Waals surface area contributed by atoms with E-state index >= 15 is 0 Å². The van der Waals surface area contributed by atoms with Crippen molar-refractivity contribution in [3.8, 4) is 34.1 Å². The third kappa shape index (κ3) is 12.1. The van der Waals surface area contributed by atoms with Gasteiger partial charge in [-0.25, -0.2) is 4.79 Å². The van der Waals surface area contributed by atoms with Gasteiger partial charge in [0.25, 0.3) is 0 Å². The highest BCUT2D eigenvalue weighted by Crippen LogP contribution is 2.53. The quantitative estimate of drug-likeness (QED) is 0.137. The van der Waals surface area contributed by atoms with E-state index in [1.807, 2.05) is 144 Å². The first-order valence-electron chi connectivity index (χ1n) is 28.6. The van der Waals surface area contributed by atoms with E-state index in [2.05, 4.69) is 68.2 Å². The lowest BCUT2D eigenvalue weighted by molar-refractivity contribution is -0.115. The smallest absolute Gasteiger partial charge is 0.453 e. The molecular formula is C66H78BClN6O8. The summed E-state index contributed by atoms with van der Waals surface area (Å²) < 4.78 is 30.3. The Morgan fingerprint density at radius 3 is 1.63 bits per heavy atom. The molecule has 430 valence electrons. The number of carbonyl (C=O) groups is 3. The fourth-order valence-corrected chi connectivity index (χ4v) is 12.9. The lowest BCUT2D eigenvalue weighted by Gasteiger charge is -2.45. The van der Waals surface area contributed by atoms with E-state index in [0.29, 0.717) is 23.1 Å². The van der Waals surface area contributed by atoms with Gasteiger partial charge in [0, 0.05) is 83.6 Å². The van der Waals surface area contributed by atoms with Crippen LogP contribution in [0.4, 0.5) is 38.9 Å². The number of ether oxygens (including phenoxy) is 3. The molecule has 0 spiro atoms. The number of hydrogen-bond donors (Lipinski definition) is 3. The molecule has 82 heavy (non-hydrogen) atoms. The molecule has 5 saturated heterocycles. The van der Waals surface area contributed by atoms with Crippen molar-refractivity contribution in [3.05, 3.63) is 138 Å². The predicted octanol–water partition coefficient (Wildman–Crippen LogP) is 14.9. The molecule has 4 bridgehead atoms. The molecule has 3 amide bonds. The first-order chi connectivity index (χ1) is 38.7. The van der Waals surface area contributed by atoms with Gasteiger partial charge in [-0.05, 0) is 166 Å². The minimum atomic E-state index is -0.477. The van der Waals surface area contributed by atoms with Crippen LogP contribution < -0.4 is 40.7 Å². The number of hydrogen-bond acceptors (Lipinski definition) is 11. The summed E-state index contributed by atoms with van der Waals surface area (Å²) in [7, 11) is -0.465. The van der Waals surface area contributed by atoms with Crippen LogP contribution in [0.3, 0.4) is 0 Å². The zero-order valence-electron chi connectivity index (χ0n) is 47.9. The Hall–Kier alpha value is -7.04. The van der Waals surface area contributed by atoms with Crippen LogP contribution in [-0.2, 0) is 23.6 Å². The molecule has 7 heterocycles. The number of para-hydroxylation sites is 6. The number of halogens is 1. The number of benzene rings is 6. The SMILES string of the molecule is C.CC(=O)Nc1ccccc1-c1ccc2c(c1)Oc1ccccc1N2C1C[C@H]2CC[C@@H](C1)N2.CC(=O)Nc1ccccc1B1OC(C)(C)C(C)(C)O1.CC(C)(C)OC(=O)N1[C@@H]2CC[C@H]1CC(N1c3ccccc3Oc3cc(Cl)ccc31)C2. The van der Waals surface area contributed by atoms with Crippen molar-refractivity contribution in [1.82, 2.24) is 10.2 Å². The fourth-order valence-electron chi connectivity index (χ4n) is 12.7. The fraction of sp³-hybridized carbons (Fsp3) is 0.409. The van der Waals surface area contributed by atoms with E-state index in [-0.39, 0.29) is 54.7 Å². The van der Waals surface area contributed by atoms with Crippen LogP contribution in [-0.4, -0.2) is 83.0 Å². The first kappa shape index (κ1) is 58.2. The predicted molar refractivity (Wildman–Crippen MR) is 329 cm³/mol. The first-order valence-corrected chi connectivity index (χ1v) is 29.0. The second-order valence-electron chi connectivity index (χ2n) is 24.4. The summed E-state index contributed by atoms with van der Waals surface area (Å²) in [5, 5.41) is 10.2. The van der Waals surface area contributed by atoms with Gasteiger partial charge in [-0.3, -0.25) is 9.59 Å². The van der Waals surface area contributed by atoms with Gasteiger partial charge in [0.05, 0.1) is 34.0 Å². The molecule has 16 heteroatoms. The molecule has 14 nitrogen and oxygen atoms in total. The summed E-state index contributed by atoms with van der Waals surface area (Å²) in [6.07, 6.45) is 8.55. The number of amides is 3. The molecule has 2 unspecified atom stereocenters. The van der Waals surface area contributed by atoms with Crippen LogP contribution in [0.1, 0.15) is 121 Å². The lowest BCUT2D eigenvalue weighted by atomic mass is 9.78. The average molecular weight is 1130 g/mol. The monoisotopic (exact) mass is 1130 g/mol. The minimum absolute atomic E-state index is 0. The Balaban J connectivity index is 0.000000142. The van der Waals surface area contributed by atoms with Crippen molar-refractivity contribution in [2.45, 2.75) is 174 Å². The van der Waals surface area contributed by atoms with Crippen LogP contribution in [0.25, 0.3) is 11.1 Å². The molecule has 5 fully saturated rings. The molecule has 6 aromatic carbocycles. The molecule has 13 rings (SSSR count). The molecule has 3 N–H and O–H groups in total. The number of carbonyl (C=O) groups excluding carboxylic acids is 3. The zero-order chi connectivity index (χ0) is 57.0. The summed E-state index contributed by atoms with van der Waals surface area (Å²) in [5.41, 5.74) is 7.52. The average Bonchev–Trinajstić information content (AvgIpc) is 4.06. The Kier molecular flexibility index (Phi) is 16.5. The van der Waals surface area contributed by atoms with Gasteiger partial charge in [-0.15, -0.1) is 0 Å². The second kappa shape index (κ2) is 23.3. The number of nitrogens with one attached hydrogen (secondary N) is 3. The maximum absolute atomic E-state index is 12.8. The van der Waals surface area contributed by atoms with Crippen molar-refractivity contribution in [2.75, 3.05) is 20.4 Å². The number of fused-ring (bicyclic) bond motifs is 8. The van der Waals surface area contributed by atoms with Gasteiger partial charge >= 0.3 is 13.2 Å². The largest absolute Gasteiger partial charge is 0.496 e. The van der Waals surface area contributed by atoms with E-state index in [1.54, 1.807) is 0 Å². The second-order valence-corrected chi connectivity index (χ2v) is 24.9. The van der Waals surface area contributed by atoms with Crippen LogP contribution in [0, 0.1) is 0 Å². The Morgan fingerprint density at radius 1 is 0.585 bits per heavy atom. The molecule has 0 radical (unpaired) electrons. The highest BCUT2D eigenvalue weighted by molar-refractivity contribution is 6.64. The molecule has 0 aliphatic carbocycles. The maximum Gasteiger partial charge on any atom is 0.496 e. The van der Waals surface area contributed by atoms with E-state index in [0.717, 1.165) is 112 Å². The van der Waals surface area contributed by atoms with Gasteiger partial charge < -0.3 is 54.2 Å². The van der Waals surface area contributed by atoms with Crippen LogP contribution in [0.5, 0.6) is 23.0 Å². The van der Waals surface area contributed by atoms with Crippen molar-refractivity contribution < 1.29 is 37.9 Å². The van der Waals surface area contributed by atoms with Crippen LogP contribution in [0.15, 0.2) is 133 Å². The van der Waals surface area contributed by atoms with E-state index in [4.69, 9.17) is 35.1 Å². The molecule has 7 aliphatic rings. The molecule has 7 aliphatic heterocycles. The van der Waals surface area contributed by atoms with Crippen molar-refractivity contribution in [1.29, 1.82) is 0 Å². The lowest BCUT2D eigenvalue weighted by Crippen LogP contribution is -2.53. The van der Waals surface area contributed by atoms with Crippen LogP contribution >= 0.6 is 11.6 Å². The van der Waals surface area contributed by atoms with E-state index in [9.17, 15) is 14.4 Å². The molecule has 6 atom stereocenters. The van der Waals surface area contributed by atoms with Crippen molar-refractivity contribution >= 4 is 76.2 Å². The summed E-state index contributed by atoms with van der Waals surface area (Å²) in [6, 6.07) is 46.5. The highest BCUT2D eigenvalue weighted by atomic mass is 35.5. The van der Waals surface area contributed by atoms with Crippen molar-refractivity contribution in [2.24, 2.45) is 0 Å². The summed E-state index contributed by atoms with van der Waals surface area (Å²) in [4.78, 5) is 42.7. The summed E-state index contributed by atoms with van der Waals surface area (Å²) in [5.74, 6) is 3.21. The van der Waals surface area contributed by atoms with Gasteiger partial charge in [0.15, 0.2) is 23.0 Å². The van der Waals surface area contributed by atoms with Gasteiger partial charge in [0.1, 0.15) is 5.60 Å². The number of nitrogens with zero attached hydrogens (tertiary/aromatic N) is 3. The Bertz CT molecular complexity index is 3310. The van der Waals surface area contributed by atoms with E-state index < -0.39 is 12.7 Å². The topological polar surface area (TPSA) is 143 Å². The Labute approximate surface area is 489 Å². The van der Waals surface area contributed by atoms with E-state index in [1.165, 1.54) is 26.7 Å². The van der Waals surface area contributed by atoms with Gasteiger partial charge in [-0.1, -0.05) is 85.8 Å². The normalized spacial score (nSPS) is 22.8. The molecule has 0 aromatic heterocycles. The van der Waals surface area contributed by atoms with Crippen molar-refractivity contribution in [3.63, 3.8) is 0 Å². The number of anilines is 6. The summed E-state index contributed by atoms with van der Waals surface area (Å²) >= 11 is 6.24. The maximum atomic E-state index is 12.8. The summed E-state index contributed by atoms with van der Waals surface area (Å²) in [6.45, 7) is 16.8. The van der Waals surface area contributed by atoms with Gasteiger partial charge in [0.2, 0.25) is 11.8 Å². The molecule has 6 aromatic rings. The third-order valence-corrected chi connectivity index (χ3v) is 17.1. The Morgan fingerprint density at radius 2 is 1.06 bits per heavy atom. The minimum Gasteiger partial charge on any atom is -0.453 e. The van der Waals surface area contributed by atoms with Crippen LogP contribution in [0.2, 0.25) is 5.02 Å². The zero-order valence-corrected chi connectivity index (χ0v) is 48.6.